The van der Waals surface area contributed by atoms with Gasteiger partial charge < -0.3 is 28.6 Å². The van der Waals surface area contributed by atoms with E-state index in [9.17, 15) is 4.79 Å². The van der Waals surface area contributed by atoms with Crippen LogP contribution >= 0.6 is 0 Å². The van der Waals surface area contributed by atoms with Gasteiger partial charge in [-0.3, -0.25) is 4.79 Å². The van der Waals surface area contributed by atoms with Gasteiger partial charge in [0.2, 0.25) is 0 Å². The molecule has 1 amide bonds. The quantitative estimate of drug-likeness (QED) is 0.446. The minimum Gasteiger partial charge on any atom is -0.493 e. The summed E-state index contributed by atoms with van der Waals surface area (Å²) in [6, 6.07) is 20.4. The molecule has 184 valence electrons. The van der Waals surface area contributed by atoms with E-state index in [1.54, 1.807) is 28.3 Å². The minimum absolute atomic E-state index is 0.108. The first-order chi connectivity index (χ1) is 17.0. The molecule has 1 aliphatic heterocycles. The van der Waals surface area contributed by atoms with Crippen molar-refractivity contribution in [1.29, 1.82) is 0 Å². The summed E-state index contributed by atoms with van der Waals surface area (Å²) in [5.41, 5.74) is 2.06. The zero-order valence-electron chi connectivity index (χ0n) is 20.5. The predicted molar refractivity (Wildman–Crippen MR) is 133 cm³/mol. The van der Waals surface area contributed by atoms with Crippen molar-refractivity contribution in [2.45, 2.75) is 25.5 Å². The minimum atomic E-state index is -0.659. The van der Waals surface area contributed by atoms with Gasteiger partial charge in [-0.15, -0.1) is 0 Å². The lowest BCUT2D eigenvalue weighted by molar-refractivity contribution is -0.141. The van der Waals surface area contributed by atoms with Gasteiger partial charge in [0.25, 0.3) is 5.91 Å². The number of carbonyl (C=O) groups excluding carboxylic acids is 1. The first-order valence-corrected chi connectivity index (χ1v) is 11.6. The summed E-state index contributed by atoms with van der Waals surface area (Å²) in [4.78, 5) is 15.4. The van der Waals surface area contributed by atoms with Crippen molar-refractivity contribution >= 4 is 5.91 Å². The number of nitrogens with zero attached hydrogens (tertiary/aromatic N) is 1. The SMILES string of the molecule is COc1cc2c(cc1OC)[C@H](COc1ccccc1OC)N(C(=O)[C@H](C)Oc1ccccc1)CC2. The second-order valence-corrected chi connectivity index (χ2v) is 8.24. The Bertz CT molecular complexity index is 1150. The number of benzene rings is 3. The van der Waals surface area contributed by atoms with Crippen molar-refractivity contribution in [3.05, 3.63) is 77.9 Å². The second kappa shape index (κ2) is 11.0. The summed E-state index contributed by atoms with van der Waals surface area (Å²) >= 11 is 0. The smallest absolute Gasteiger partial charge is 0.263 e. The molecule has 0 unspecified atom stereocenters. The molecule has 0 aliphatic carbocycles. The van der Waals surface area contributed by atoms with Gasteiger partial charge in [0.1, 0.15) is 12.4 Å². The maximum Gasteiger partial charge on any atom is 0.263 e. The van der Waals surface area contributed by atoms with Crippen molar-refractivity contribution in [3.8, 4) is 28.7 Å². The third-order valence-electron chi connectivity index (χ3n) is 6.16. The van der Waals surface area contributed by atoms with E-state index in [2.05, 4.69) is 0 Å². The van der Waals surface area contributed by atoms with Gasteiger partial charge in [-0.05, 0) is 60.9 Å². The van der Waals surface area contributed by atoms with Crippen LogP contribution in [0.15, 0.2) is 66.7 Å². The third-order valence-corrected chi connectivity index (χ3v) is 6.16. The van der Waals surface area contributed by atoms with E-state index >= 15 is 0 Å². The molecule has 0 radical (unpaired) electrons. The van der Waals surface area contributed by atoms with E-state index < -0.39 is 6.10 Å². The largest absolute Gasteiger partial charge is 0.493 e. The van der Waals surface area contributed by atoms with Crippen molar-refractivity contribution in [2.75, 3.05) is 34.5 Å². The van der Waals surface area contributed by atoms with Crippen LogP contribution in [0, 0.1) is 0 Å². The van der Waals surface area contributed by atoms with E-state index in [4.69, 9.17) is 23.7 Å². The van der Waals surface area contributed by atoms with Crippen LogP contribution < -0.4 is 23.7 Å². The fourth-order valence-electron chi connectivity index (χ4n) is 4.37. The lowest BCUT2D eigenvalue weighted by Crippen LogP contribution is -2.47. The van der Waals surface area contributed by atoms with E-state index in [-0.39, 0.29) is 18.6 Å². The summed E-state index contributed by atoms with van der Waals surface area (Å²) in [6.45, 7) is 2.55. The van der Waals surface area contributed by atoms with Gasteiger partial charge in [0.05, 0.1) is 27.4 Å². The lowest BCUT2D eigenvalue weighted by Gasteiger charge is -2.38. The van der Waals surface area contributed by atoms with Gasteiger partial charge in [0.15, 0.2) is 29.1 Å². The molecule has 1 heterocycles. The Balaban J connectivity index is 1.65. The van der Waals surface area contributed by atoms with Gasteiger partial charge in [0, 0.05) is 6.54 Å². The molecule has 7 heteroatoms. The van der Waals surface area contributed by atoms with Crippen LogP contribution in [-0.2, 0) is 11.2 Å². The Morgan fingerprint density at radius 3 is 2.20 bits per heavy atom. The Labute approximate surface area is 206 Å². The Morgan fingerprint density at radius 1 is 0.886 bits per heavy atom. The number of ether oxygens (including phenoxy) is 5. The van der Waals surface area contributed by atoms with E-state index in [0.717, 1.165) is 11.1 Å². The first kappa shape index (κ1) is 24.3. The number of hydrogen-bond acceptors (Lipinski definition) is 6. The predicted octanol–water partition coefficient (Wildman–Crippen LogP) is 4.68. The maximum atomic E-state index is 13.6. The highest BCUT2D eigenvalue weighted by molar-refractivity contribution is 5.82. The molecule has 1 aliphatic rings. The average molecular weight is 478 g/mol. The molecule has 0 spiro atoms. The molecule has 0 N–H and O–H groups in total. The molecule has 0 saturated carbocycles. The van der Waals surface area contributed by atoms with Crippen molar-refractivity contribution < 1.29 is 28.5 Å². The van der Waals surface area contributed by atoms with Gasteiger partial charge in [-0.2, -0.15) is 0 Å². The highest BCUT2D eigenvalue weighted by atomic mass is 16.5. The number of para-hydroxylation sites is 3. The number of amides is 1. The molecule has 3 aromatic carbocycles. The number of fused-ring (bicyclic) bond motifs is 1. The highest BCUT2D eigenvalue weighted by Gasteiger charge is 2.35. The molecule has 0 aromatic heterocycles. The van der Waals surface area contributed by atoms with E-state index in [0.29, 0.717) is 41.7 Å². The molecule has 0 fully saturated rings. The highest BCUT2D eigenvalue weighted by Crippen LogP contribution is 2.39. The number of rotatable bonds is 9. The van der Waals surface area contributed by atoms with Gasteiger partial charge in [-0.1, -0.05) is 30.3 Å². The van der Waals surface area contributed by atoms with Crippen molar-refractivity contribution in [1.82, 2.24) is 4.90 Å². The third kappa shape index (κ3) is 5.29. The normalized spacial score (nSPS) is 15.5. The summed E-state index contributed by atoms with van der Waals surface area (Å²) in [5, 5.41) is 0. The fourth-order valence-corrected chi connectivity index (χ4v) is 4.37. The summed E-state index contributed by atoms with van der Waals surface area (Å²) < 4.78 is 28.6. The number of methoxy groups -OCH3 is 3. The second-order valence-electron chi connectivity index (χ2n) is 8.24. The molecule has 0 bridgehead atoms. The Kier molecular flexibility index (Phi) is 7.65. The van der Waals surface area contributed by atoms with Crippen molar-refractivity contribution in [2.24, 2.45) is 0 Å². The van der Waals surface area contributed by atoms with Gasteiger partial charge in [-0.25, -0.2) is 0 Å². The molecular formula is C28H31NO6. The standard InChI is InChI=1S/C28H31NO6/c1-19(35-21-10-6-5-7-11-21)28(30)29-15-14-20-16-26(32-3)27(33-4)17-22(20)23(29)18-34-25-13-9-8-12-24(25)31-2/h5-13,16-17,19,23H,14-15,18H2,1-4H3/t19-,23-/m0/s1. The zero-order chi connectivity index (χ0) is 24.8. The number of carbonyl (C=O) groups is 1. The summed E-state index contributed by atoms with van der Waals surface area (Å²) in [7, 11) is 4.83. The van der Waals surface area contributed by atoms with Crippen LogP contribution in [0.5, 0.6) is 28.7 Å². The summed E-state index contributed by atoms with van der Waals surface area (Å²) in [5.74, 6) is 3.06. The molecule has 7 nitrogen and oxygen atoms in total. The Hall–Kier alpha value is -3.87. The van der Waals surface area contributed by atoms with Crippen molar-refractivity contribution in [3.63, 3.8) is 0 Å². The van der Waals surface area contributed by atoms with Crippen LogP contribution in [0.25, 0.3) is 0 Å². The molecule has 35 heavy (non-hydrogen) atoms. The summed E-state index contributed by atoms with van der Waals surface area (Å²) in [6.07, 6.45) is 0.0258. The van der Waals surface area contributed by atoms with E-state index in [1.807, 2.05) is 71.6 Å². The van der Waals surface area contributed by atoms with Gasteiger partial charge >= 0.3 is 0 Å². The lowest BCUT2D eigenvalue weighted by atomic mass is 9.91. The molecule has 4 rings (SSSR count). The molecular weight excluding hydrogens is 446 g/mol. The average Bonchev–Trinajstić information content (AvgIpc) is 2.91. The van der Waals surface area contributed by atoms with Crippen LogP contribution in [0.4, 0.5) is 0 Å². The Morgan fingerprint density at radius 2 is 1.51 bits per heavy atom. The first-order valence-electron chi connectivity index (χ1n) is 11.6. The van der Waals surface area contributed by atoms with Crippen LogP contribution in [0.3, 0.4) is 0 Å². The van der Waals surface area contributed by atoms with Crippen LogP contribution in [-0.4, -0.2) is 51.4 Å². The zero-order valence-corrected chi connectivity index (χ0v) is 20.5. The molecule has 3 aromatic rings. The monoisotopic (exact) mass is 477 g/mol. The molecule has 0 saturated heterocycles. The number of hydrogen-bond donors (Lipinski definition) is 0. The maximum absolute atomic E-state index is 13.6. The fraction of sp³-hybridized carbons (Fsp3) is 0.321. The van der Waals surface area contributed by atoms with Crippen LogP contribution in [0.1, 0.15) is 24.1 Å². The molecule has 2 atom stereocenters. The topological polar surface area (TPSA) is 66.5 Å². The van der Waals surface area contributed by atoms with E-state index in [1.165, 1.54) is 0 Å². The van der Waals surface area contributed by atoms with Crippen LogP contribution in [0.2, 0.25) is 0 Å².